The molecule has 8 nitrogen and oxygen atoms in total. The van der Waals surface area contributed by atoms with Crippen molar-refractivity contribution in [2.45, 2.75) is 58.2 Å². The Balaban J connectivity index is 2.02. The molecule has 0 spiro atoms. The number of amides is 3. The van der Waals surface area contributed by atoms with E-state index in [9.17, 15) is 28.8 Å². The lowest BCUT2D eigenvalue weighted by Gasteiger charge is -2.23. The number of benzene rings is 2. The van der Waals surface area contributed by atoms with Crippen molar-refractivity contribution in [2.24, 2.45) is 0 Å². The fourth-order valence-electron chi connectivity index (χ4n) is 3.22. The molecule has 2 rings (SSSR count). The Morgan fingerprint density at radius 1 is 1.00 bits per heavy atom. The molecule has 182 valence electrons. The van der Waals surface area contributed by atoms with E-state index in [1.807, 2.05) is 20.8 Å². The van der Waals surface area contributed by atoms with E-state index >= 15 is 0 Å². The molecule has 0 aromatic heterocycles. The van der Waals surface area contributed by atoms with Crippen LogP contribution in [0.25, 0.3) is 0 Å². The molecule has 2 aromatic rings. The van der Waals surface area contributed by atoms with Crippen LogP contribution in [0.5, 0.6) is 0 Å². The first-order valence-corrected chi connectivity index (χ1v) is 11.0. The summed E-state index contributed by atoms with van der Waals surface area (Å²) in [5.41, 5.74) is 1.17. The van der Waals surface area contributed by atoms with Gasteiger partial charge in [-0.2, -0.15) is 0 Å². The number of rotatable bonds is 10. The predicted octanol–water partition coefficient (Wildman–Crippen LogP) is 0.544. The quantitative estimate of drug-likeness (QED) is 0.324. The standard InChI is InChI=1S/C24H31BFN3O5/c1-24(2,3)29-22(31)14-20(28-21(30)12-9-16-7-10-19(26)11-8-16)23(32)27-15-17-5-4-6-18(13-17)25(33)34/h4-8,10-11,13,20,33-34H,9,12,14-15H2,1-3H3,(H,27,32)(H,28,30)(H,29,31)/t20-/m0/s1. The lowest BCUT2D eigenvalue weighted by molar-refractivity contribution is -0.132. The molecule has 0 heterocycles. The van der Waals surface area contributed by atoms with Crippen LogP contribution in [-0.4, -0.2) is 46.5 Å². The van der Waals surface area contributed by atoms with Crippen molar-refractivity contribution in [1.29, 1.82) is 0 Å². The zero-order valence-electron chi connectivity index (χ0n) is 19.6. The number of halogens is 1. The second-order valence-electron chi connectivity index (χ2n) is 9.09. The van der Waals surface area contributed by atoms with Gasteiger partial charge in [-0.3, -0.25) is 14.4 Å². The molecule has 10 heteroatoms. The fraction of sp³-hybridized carbons (Fsp3) is 0.375. The smallest absolute Gasteiger partial charge is 0.423 e. The Hall–Kier alpha value is -3.24. The molecular formula is C24H31BFN3O5. The molecule has 2 aromatic carbocycles. The second kappa shape index (κ2) is 12.3. The minimum absolute atomic E-state index is 0.0622. The Morgan fingerprint density at radius 3 is 2.29 bits per heavy atom. The van der Waals surface area contributed by atoms with Gasteiger partial charge in [0.1, 0.15) is 11.9 Å². The van der Waals surface area contributed by atoms with Crippen molar-refractivity contribution >= 4 is 30.3 Å². The molecule has 0 radical (unpaired) electrons. The second-order valence-corrected chi connectivity index (χ2v) is 9.09. The maximum Gasteiger partial charge on any atom is 0.488 e. The van der Waals surface area contributed by atoms with E-state index in [1.54, 1.807) is 24.3 Å². The number of aryl methyl sites for hydroxylation is 1. The Kier molecular flexibility index (Phi) is 9.76. The Labute approximate surface area is 199 Å². The number of carbonyl (C=O) groups excluding carboxylic acids is 3. The molecule has 0 aliphatic rings. The third-order valence-electron chi connectivity index (χ3n) is 4.83. The van der Waals surface area contributed by atoms with Crippen molar-refractivity contribution in [1.82, 2.24) is 16.0 Å². The summed E-state index contributed by atoms with van der Waals surface area (Å²) in [6, 6.07) is 11.1. The minimum atomic E-state index is -1.63. The van der Waals surface area contributed by atoms with Crippen LogP contribution in [-0.2, 0) is 27.3 Å². The van der Waals surface area contributed by atoms with Gasteiger partial charge in [-0.25, -0.2) is 4.39 Å². The van der Waals surface area contributed by atoms with Gasteiger partial charge in [0.25, 0.3) is 0 Å². The van der Waals surface area contributed by atoms with Gasteiger partial charge in [0, 0.05) is 18.5 Å². The van der Waals surface area contributed by atoms with E-state index in [0.717, 1.165) is 5.56 Å². The topological polar surface area (TPSA) is 128 Å². The van der Waals surface area contributed by atoms with E-state index < -0.39 is 36.4 Å². The van der Waals surface area contributed by atoms with E-state index in [2.05, 4.69) is 16.0 Å². The zero-order valence-corrected chi connectivity index (χ0v) is 19.6. The Morgan fingerprint density at radius 2 is 1.68 bits per heavy atom. The predicted molar refractivity (Wildman–Crippen MR) is 127 cm³/mol. The molecule has 0 saturated heterocycles. The third kappa shape index (κ3) is 9.72. The maximum absolute atomic E-state index is 13.1. The van der Waals surface area contributed by atoms with Gasteiger partial charge >= 0.3 is 7.12 Å². The molecule has 0 fully saturated rings. The molecule has 0 saturated carbocycles. The fourth-order valence-corrected chi connectivity index (χ4v) is 3.22. The number of hydrogen-bond donors (Lipinski definition) is 5. The molecule has 5 N–H and O–H groups in total. The monoisotopic (exact) mass is 471 g/mol. The summed E-state index contributed by atoms with van der Waals surface area (Å²) in [6.07, 6.45) is 0.165. The van der Waals surface area contributed by atoms with Crippen LogP contribution >= 0.6 is 0 Å². The molecule has 0 aliphatic carbocycles. The van der Waals surface area contributed by atoms with E-state index in [0.29, 0.717) is 12.0 Å². The lowest BCUT2D eigenvalue weighted by atomic mass is 9.79. The van der Waals surface area contributed by atoms with Crippen LogP contribution in [0.15, 0.2) is 48.5 Å². The first-order chi connectivity index (χ1) is 15.9. The highest BCUT2D eigenvalue weighted by Gasteiger charge is 2.25. The summed E-state index contributed by atoms with van der Waals surface area (Å²) in [5.74, 6) is -1.72. The van der Waals surface area contributed by atoms with Crippen LogP contribution in [0, 0.1) is 5.82 Å². The van der Waals surface area contributed by atoms with Crippen molar-refractivity contribution in [2.75, 3.05) is 0 Å². The number of hydrogen-bond acceptors (Lipinski definition) is 5. The van der Waals surface area contributed by atoms with Gasteiger partial charge in [-0.05, 0) is 55.9 Å². The molecule has 0 aliphatic heterocycles. The highest BCUT2D eigenvalue weighted by molar-refractivity contribution is 6.58. The summed E-state index contributed by atoms with van der Waals surface area (Å²) < 4.78 is 13.1. The summed E-state index contributed by atoms with van der Waals surface area (Å²) in [7, 11) is -1.63. The van der Waals surface area contributed by atoms with Gasteiger partial charge in [-0.15, -0.1) is 0 Å². The third-order valence-corrected chi connectivity index (χ3v) is 4.83. The lowest BCUT2D eigenvalue weighted by Crippen LogP contribution is -2.51. The Bertz CT molecular complexity index is 993. The number of carbonyl (C=O) groups is 3. The van der Waals surface area contributed by atoms with E-state index in [-0.39, 0.29) is 30.7 Å². The van der Waals surface area contributed by atoms with Crippen LogP contribution in [0.4, 0.5) is 4.39 Å². The molecule has 0 bridgehead atoms. The van der Waals surface area contributed by atoms with Crippen LogP contribution in [0.3, 0.4) is 0 Å². The minimum Gasteiger partial charge on any atom is -0.423 e. The highest BCUT2D eigenvalue weighted by Crippen LogP contribution is 2.07. The molecule has 3 amide bonds. The molecule has 34 heavy (non-hydrogen) atoms. The average Bonchev–Trinajstić information content (AvgIpc) is 2.75. The first-order valence-electron chi connectivity index (χ1n) is 11.0. The van der Waals surface area contributed by atoms with Gasteiger partial charge in [-0.1, -0.05) is 36.4 Å². The average molecular weight is 471 g/mol. The van der Waals surface area contributed by atoms with Crippen molar-refractivity contribution in [3.05, 3.63) is 65.5 Å². The van der Waals surface area contributed by atoms with Gasteiger partial charge in [0.05, 0.1) is 6.42 Å². The van der Waals surface area contributed by atoms with E-state index in [4.69, 9.17) is 0 Å². The van der Waals surface area contributed by atoms with Crippen molar-refractivity contribution < 1.29 is 28.8 Å². The van der Waals surface area contributed by atoms with Gasteiger partial charge in [0.15, 0.2) is 0 Å². The van der Waals surface area contributed by atoms with Gasteiger partial charge < -0.3 is 26.0 Å². The summed E-state index contributed by atoms with van der Waals surface area (Å²) in [4.78, 5) is 37.8. The van der Waals surface area contributed by atoms with Crippen LogP contribution in [0.2, 0.25) is 0 Å². The normalized spacial score (nSPS) is 11.9. The molecule has 0 unspecified atom stereocenters. The molecular weight excluding hydrogens is 440 g/mol. The summed E-state index contributed by atoms with van der Waals surface area (Å²) in [5, 5.41) is 26.7. The van der Waals surface area contributed by atoms with Crippen molar-refractivity contribution in [3.8, 4) is 0 Å². The van der Waals surface area contributed by atoms with E-state index in [1.165, 1.54) is 24.3 Å². The largest absolute Gasteiger partial charge is 0.488 e. The van der Waals surface area contributed by atoms with Crippen molar-refractivity contribution in [3.63, 3.8) is 0 Å². The SMILES string of the molecule is CC(C)(C)NC(=O)C[C@H](NC(=O)CCc1ccc(F)cc1)C(=O)NCc1cccc(B(O)O)c1. The zero-order chi connectivity index (χ0) is 25.3. The highest BCUT2D eigenvalue weighted by atomic mass is 19.1. The summed E-state index contributed by atoms with van der Waals surface area (Å²) >= 11 is 0. The van der Waals surface area contributed by atoms with Crippen LogP contribution in [0.1, 0.15) is 44.7 Å². The van der Waals surface area contributed by atoms with Crippen LogP contribution < -0.4 is 21.4 Å². The molecule has 1 atom stereocenters. The summed E-state index contributed by atoms with van der Waals surface area (Å²) in [6.45, 7) is 5.50. The number of nitrogens with one attached hydrogen (secondary N) is 3. The first kappa shape index (κ1) is 27.0. The van der Waals surface area contributed by atoms with Gasteiger partial charge in [0.2, 0.25) is 17.7 Å². The maximum atomic E-state index is 13.1.